The number of carbonyl (C=O) groups is 3. The number of aryl methyl sites for hydroxylation is 1. The summed E-state index contributed by atoms with van der Waals surface area (Å²) >= 11 is 0. The number of rotatable bonds is 14. The number of carbonyl (C=O) groups excluding carboxylic acids is 3. The molecule has 3 aromatic carbocycles. The molecule has 250 valence electrons. The molecule has 0 radical (unpaired) electrons. The van der Waals surface area contributed by atoms with E-state index in [4.69, 9.17) is 4.74 Å². The van der Waals surface area contributed by atoms with Crippen LogP contribution in [0, 0.1) is 6.92 Å². The molecule has 1 spiro atoms. The maximum absolute atomic E-state index is 14.2. The summed E-state index contributed by atoms with van der Waals surface area (Å²) in [4.78, 5) is 47.0. The Morgan fingerprint density at radius 1 is 0.957 bits per heavy atom. The van der Waals surface area contributed by atoms with E-state index in [9.17, 15) is 14.4 Å². The third kappa shape index (κ3) is 8.92. The SMILES string of the molecule is CCN(CCN1C(=O)[C@H](CCCNC(=O)OCc2ccccc2)NC(=O)C12CCN(CCc1ccccc1)CC2)c1cccc(C)c1. The highest BCUT2D eigenvalue weighted by atomic mass is 16.5. The van der Waals surface area contributed by atoms with Crippen molar-refractivity contribution >= 4 is 23.6 Å². The summed E-state index contributed by atoms with van der Waals surface area (Å²) in [6.45, 7) is 9.11. The van der Waals surface area contributed by atoms with Gasteiger partial charge in [-0.05, 0) is 74.8 Å². The standard InChI is InChI=1S/C38H49N5O4/c1-3-42(33-17-10-12-30(2)28-33)26-27-43-35(44)34(18-11-22-39-37(46)47-29-32-15-8-5-9-16-32)40-36(45)38(43)20-24-41(25-21-38)23-19-31-13-6-4-7-14-31/h4-10,12-17,28,34H,3,11,18-27,29H2,1-2H3,(H,39,46)(H,40,45)/t34-/m0/s1. The largest absolute Gasteiger partial charge is 0.445 e. The number of nitrogens with one attached hydrogen (secondary N) is 2. The van der Waals surface area contributed by atoms with Crippen LogP contribution in [-0.2, 0) is 27.4 Å². The smallest absolute Gasteiger partial charge is 0.407 e. The minimum atomic E-state index is -0.859. The zero-order valence-electron chi connectivity index (χ0n) is 27.8. The second-order valence-corrected chi connectivity index (χ2v) is 12.7. The minimum Gasteiger partial charge on any atom is -0.445 e. The second-order valence-electron chi connectivity index (χ2n) is 12.7. The van der Waals surface area contributed by atoms with Crippen molar-refractivity contribution < 1.29 is 19.1 Å². The maximum atomic E-state index is 14.2. The van der Waals surface area contributed by atoms with E-state index in [-0.39, 0.29) is 18.4 Å². The van der Waals surface area contributed by atoms with Crippen molar-refractivity contribution in [1.29, 1.82) is 0 Å². The van der Waals surface area contributed by atoms with Crippen LogP contribution in [0.2, 0.25) is 0 Å². The Morgan fingerprint density at radius 3 is 2.34 bits per heavy atom. The van der Waals surface area contributed by atoms with Gasteiger partial charge in [-0.3, -0.25) is 9.59 Å². The number of hydrogen-bond acceptors (Lipinski definition) is 6. The predicted molar refractivity (Wildman–Crippen MR) is 185 cm³/mol. The van der Waals surface area contributed by atoms with Gasteiger partial charge < -0.3 is 30.1 Å². The summed E-state index contributed by atoms with van der Waals surface area (Å²) in [5.41, 5.74) is 3.66. The number of hydrogen-bond donors (Lipinski definition) is 2. The maximum Gasteiger partial charge on any atom is 0.407 e. The molecule has 5 rings (SSSR count). The molecule has 2 heterocycles. The van der Waals surface area contributed by atoms with Crippen LogP contribution in [-0.4, -0.2) is 85.1 Å². The number of benzene rings is 3. The third-order valence-electron chi connectivity index (χ3n) is 9.55. The van der Waals surface area contributed by atoms with E-state index in [1.807, 2.05) is 41.3 Å². The van der Waals surface area contributed by atoms with Gasteiger partial charge >= 0.3 is 6.09 Å². The fourth-order valence-corrected chi connectivity index (χ4v) is 6.76. The average molecular weight is 640 g/mol. The number of likely N-dealkylation sites (tertiary alicyclic amines) is 1. The highest BCUT2D eigenvalue weighted by molar-refractivity contribution is 6.00. The molecule has 2 N–H and O–H groups in total. The molecule has 1 atom stereocenters. The molecule has 0 aromatic heterocycles. The second kappa shape index (κ2) is 16.5. The Hall–Kier alpha value is -4.37. The van der Waals surface area contributed by atoms with Gasteiger partial charge in [0.1, 0.15) is 18.2 Å². The van der Waals surface area contributed by atoms with E-state index in [2.05, 4.69) is 82.8 Å². The lowest BCUT2D eigenvalue weighted by molar-refractivity contribution is -0.161. The Bertz CT molecular complexity index is 1460. The number of amides is 3. The Kier molecular flexibility index (Phi) is 11.9. The molecule has 0 saturated carbocycles. The summed E-state index contributed by atoms with van der Waals surface area (Å²) in [6, 6.07) is 27.8. The number of piperidine rings is 1. The molecule has 2 aliphatic rings. The molecule has 9 heteroatoms. The first kappa shape index (κ1) is 34.0. The van der Waals surface area contributed by atoms with E-state index in [0.717, 1.165) is 43.9 Å². The topological polar surface area (TPSA) is 94.2 Å². The summed E-state index contributed by atoms with van der Waals surface area (Å²) in [7, 11) is 0. The van der Waals surface area contributed by atoms with Crippen LogP contribution in [0.5, 0.6) is 0 Å². The molecule has 2 fully saturated rings. The molecule has 0 unspecified atom stereocenters. The van der Waals surface area contributed by atoms with Gasteiger partial charge in [-0.15, -0.1) is 0 Å². The Balaban J connectivity index is 1.20. The number of anilines is 1. The van der Waals surface area contributed by atoms with E-state index in [0.29, 0.717) is 45.3 Å². The van der Waals surface area contributed by atoms with Gasteiger partial charge in [0, 0.05) is 51.5 Å². The van der Waals surface area contributed by atoms with Crippen LogP contribution in [0.4, 0.5) is 10.5 Å². The van der Waals surface area contributed by atoms with Gasteiger partial charge in [-0.25, -0.2) is 4.79 Å². The molecule has 0 aliphatic carbocycles. The number of nitrogens with zero attached hydrogens (tertiary/aromatic N) is 3. The summed E-state index contributed by atoms with van der Waals surface area (Å²) in [5.74, 6) is -0.0899. The van der Waals surface area contributed by atoms with Crippen molar-refractivity contribution in [2.24, 2.45) is 0 Å². The van der Waals surface area contributed by atoms with E-state index in [1.165, 1.54) is 11.1 Å². The zero-order chi connectivity index (χ0) is 33.1. The zero-order valence-corrected chi connectivity index (χ0v) is 27.8. The first-order chi connectivity index (χ1) is 22.9. The van der Waals surface area contributed by atoms with Crippen molar-refractivity contribution in [1.82, 2.24) is 20.4 Å². The molecule has 3 amide bonds. The van der Waals surface area contributed by atoms with Gasteiger partial charge in [-0.2, -0.15) is 0 Å². The summed E-state index contributed by atoms with van der Waals surface area (Å²) in [5, 5.41) is 5.87. The summed E-state index contributed by atoms with van der Waals surface area (Å²) < 4.78 is 5.31. The van der Waals surface area contributed by atoms with Crippen LogP contribution in [0.15, 0.2) is 84.9 Å². The highest BCUT2D eigenvalue weighted by Gasteiger charge is 2.53. The lowest BCUT2D eigenvalue weighted by atomic mass is 9.81. The van der Waals surface area contributed by atoms with Crippen LogP contribution in [0.3, 0.4) is 0 Å². The first-order valence-electron chi connectivity index (χ1n) is 17.0. The van der Waals surface area contributed by atoms with Crippen molar-refractivity contribution in [2.45, 2.75) is 64.1 Å². The average Bonchev–Trinajstić information content (AvgIpc) is 3.10. The number of likely N-dealkylation sites (N-methyl/N-ethyl adjacent to an activating group) is 1. The van der Waals surface area contributed by atoms with Crippen LogP contribution in [0.25, 0.3) is 0 Å². The van der Waals surface area contributed by atoms with Crippen molar-refractivity contribution in [3.63, 3.8) is 0 Å². The first-order valence-corrected chi connectivity index (χ1v) is 17.0. The fourth-order valence-electron chi connectivity index (χ4n) is 6.76. The Labute approximate surface area is 279 Å². The molecule has 2 saturated heterocycles. The van der Waals surface area contributed by atoms with Crippen LogP contribution < -0.4 is 15.5 Å². The molecule has 3 aromatic rings. The monoisotopic (exact) mass is 639 g/mol. The number of piperazine rings is 1. The molecule has 9 nitrogen and oxygen atoms in total. The van der Waals surface area contributed by atoms with E-state index in [1.54, 1.807) is 0 Å². The lowest BCUT2D eigenvalue weighted by Gasteiger charge is -2.52. The minimum absolute atomic E-state index is 0.0331. The molecule has 0 bridgehead atoms. The van der Waals surface area contributed by atoms with Gasteiger partial charge in [0.15, 0.2) is 0 Å². The molecular formula is C38H49N5O4. The lowest BCUT2D eigenvalue weighted by Crippen LogP contribution is -2.73. The van der Waals surface area contributed by atoms with Crippen LogP contribution >= 0.6 is 0 Å². The summed E-state index contributed by atoms with van der Waals surface area (Å²) in [6.07, 6.45) is 2.66. The Morgan fingerprint density at radius 2 is 1.66 bits per heavy atom. The van der Waals surface area contributed by atoms with Gasteiger partial charge in [-0.1, -0.05) is 72.8 Å². The van der Waals surface area contributed by atoms with Crippen molar-refractivity contribution in [3.8, 4) is 0 Å². The molecular weight excluding hydrogens is 590 g/mol. The number of alkyl carbamates (subject to hydrolysis) is 1. The van der Waals surface area contributed by atoms with Crippen molar-refractivity contribution in [3.05, 3.63) is 102 Å². The number of ether oxygens (including phenoxy) is 1. The van der Waals surface area contributed by atoms with Gasteiger partial charge in [0.2, 0.25) is 11.8 Å². The quantitative estimate of drug-likeness (QED) is 0.243. The van der Waals surface area contributed by atoms with E-state index < -0.39 is 17.7 Å². The fraction of sp³-hybridized carbons (Fsp3) is 0.447. The van der Waals surface area contributed by atoms with Gasteiger partial charge in [0.05, 0.1) is 0 Å². The molecule has 47 heavy (non-hydrogen) atoms. The molecule has 2 aliphatic heterocycles. The normalized spacial score (nSPS) is 17.7. The van der Waals surface area contributed by atoms with Crippen molar-refractivity contribution in [2.75, 3.05) is 50.7 Å². The highest BCUT2D eigenvalue weighted by Crippen LogP contribution is 2.34. The van der Waals surface area contributed by atoms with Crippen LogP contribution in [0.1, 0.15) is 49.3 Å². The third-order valence-corrected chi connectivity index (χ3v) is 9.55. The predicted octanol–water partition coefficient (Wildman–Crippen LogP) is 4.93. The van der Waals surface area contributed by atoms with E-state index >= 15 is 0 Å². The van der Waals surface area contributed by atoms with Gasteiger partial charge in [0.25, 0.3) is 0 Å².